The molecule has 2 rings (SSSR count). The van der Waals surface area contributed by atoms with Gasteiger partial charge in [-0.2, -0.15) is 5.10 Å². The molecular formula is C13H16FN5O. The monoisotopic (exact) mass is 277 g/mol. The number of amides is 1. The zero-order valence-corrected chi connectivity index (χ0v) is 11.1. The first kappa shape index (κ1) is 14.1. The maximum atomic E-state index is 13.9. The summed E-state index contributed by atoms with van der Waals surface area (Å²) in [5.41, 5.74) is 0.719. The number of rotatable bonds is 6. The van der Waals surface area contributed by atoms with Crippen molar-refractivity contribution in [2.75, 3.05) is 18.9 Å². The molecule has 0 aliphatic carbocycles. The Hall–Kier alpha value is -2.28. The Kier molecular flexibility index (Phi) is 4.78. The van der Waals surface area contributed by atoms with Crippen LogP contribution in [0.5, 0.6) is 0 Å². The number of carbonyl (C=O) groups is 1. The van der Waals surface area contributed by atoms with Gasteiger partial charge < -0.3 is 10.6 Å². The molecule has 0 spiro atoms. The molecule has 20 heavy (non-hydrogen) atoms. The first-order valence-electron chi connectivity index (χ1n) is 6.29. The van der Waals surface area contributed by atoms with E-state index in [1.807, 2.05) is 7.05 Å². The minimum absolute atomic E-state index is 0.131. The van der Waals surface area contributed by atoms with Crippen LogP contribution in [0.15, 0.2) is 30.9 Å². The molecule has 0 aliphatic heterocycles. The van der Waals surface area contributed by atoms with Crippen LogP contribution in [0, 0.1) is 5.82 Å². The fraction of sp³-hybridized carbons (Fsp3) is 0.308. The zero-order valence-electron chi connectivity index (χ0n) is 11.1. The van der Waals surface area contributed by atoms with Crippen LogP contribution >= 0.6 is 0 Å². The average molecular weight is 277 g/mol. The van der Waals surface area contributed by atoms with Crippen molar-refractivity contribution in [1.82, 2.24) is 20.1 Å². The highest BCUT2D eigenvalue weighted by Gasteiger charge is 2.08. The molecule has 0 unspecified atom stereocenters. The van der Waals surface area contributed by atoms with Gasteiger partial charge >= 0.3 is 0 Å². The predicted octanol–water partition coefficient (Wildman–Crippen LogP) is 1.34. The SMILES string of the molecule is CNCCCC(=O)Nc1ccc(-n2cncn2)c(F)c1. The van der Waals surface area contributed by atoms with E-state index in [0.717, 1.165) is 13.0 Å². The van der Waals surface area contributed by atoms with Crippen LogP contribution in [0.25, 0.3) is 5.69 Å². The lowest BCUT2D eigenvalue weighted by Gasteiger charge is -2.07. The minimum Gasteiger partial charge on any atom is -0.326 e. The molecule has 0 bridgehead atoms. The summed E-state index contributed by atoms with van der Waals surface area (Å²) < 4.78 is 15.2. The van der Waals surface area contributed by atoms with E-state index < -0.39 is 5.82 Å². The Morgan fingerprint density at radius 2 is 2.30 bits per heavy atom. The summed E-state index contributed by atoms with van der Waals surface area (Å²) in [4.78, 5) is 15.4. The lowest BCUT2D eigenvalue weighted by Crippen LogP contribution is -2.15. The summed E-state index contributed by atoms with van der Waals surface area (Å²) in [6.07, 6.45) is 3.88. The number of hydrogen-bond donors (Lipinski definition) is 2. The Bertz CT molecular complexity index is 570. The standard InChI is InChI=1S/C13H16FN5O/c1-15-6-2-3-13(20)18-10-4-5-12(11(14)7-10)19-9-16-8-17-19/h4-5,7-9,15H,2-3,6H2,1H3,(H,18,20). The van der Waals surface area contributed by atoms with Gasteiger partial charge in [0.15, 0.2) is 5.82 Å². The molecule has 0 aliphatic rings. The summed E-state index contributed by atoms with van der Waals surface area (Å²) in [5, 5.41) is 9.48. The predicted molar refractivity (Wildman–Crippen MR) is 73.1 cm³/mol. The van der Waals surface area contributed by atoms with Crippen LogP contribution in [0.1, 0.15) is 12.8 Å². The molecule has 7 heteroatoms. The highest BCUT2D eigenvalue weighted by molar-refractivity contribution is 5.90. The van der Waals surface area contributed by atoms with Crippen LogP contribution in [-0.4, -0.2) is 34.3 Å². The molecule has 6 nitrogen and oxygen atoms in total. The Morgan fingerprint density at radius 3 is 2.95 bits per heavy atom. The Balaban J connectivity index is 2.00. The average Bonchev–Trinajstić information content (AvgIpc) is 2.93. The van der Waals surface area contributed by atoms with Crippen molar-refractivity contribution in [3.8, 4) is 5.69 Å². The van der Waals surface area contributed by atoms with E-state index in [1.165, 1.54) is 23.4 Å². The van der Waals surface area contributed by atoms with Gasteiger partial charge in [-0.25, -0.2) is 14.1 Å². The molecule has 0 saturated carbocycles. The van der Waals surface area contributed by atoms with Crippen molar-refractivity contribution in [2.45, 2.75) is 12.8 Å². The largest absolute Gasteiger partial charge is 0.326 e. The maximum Gasteiger partial charge on any atom is 0.224 e. The van der Waals surface area contributed by atoms with Gasteiger partial charge in [-0.3, -0.25) is 4.79 Å². The molecule has 2 aromatic rings. The molecule has 0 radical (unpaired) electrons. The van der Waals surface area contributed by atoms with Crippen LogP contribution in [0.4, 0.5) is 10.1 Å². The normalized spacial score (nSPS) is 10.5. The third kappa shape index (κ3) is 3.61. The summed E-state index contributed by atoms with van der Waals surface area (Å²) in [5.74, 6) is -0.600. The van der Waals surface area contributed by atoms with Gasteiger partial charge in [0.2, 0.25) is 5.91 Å². The smallest absolute Gasteiger partial charge is 0.224 e. The van der Waals surface area contributed by atoms with Crippen molar-refractivity contribution in [2.24, 2.45) is 0 Å². The number of aromatic nitrogens is 3. The number of benzene rings is 1. The minimum atomic E-state index is -0.469. The van der Waals surface area contributed by atoms with Gasteiger partial charge in [0, 0.05) is 12.1 Å². The molecular weight excluding hydrogens is 261 g/mol. The van der Waals surface area contributed by atoms with Gasteiger partial charge in [-0.15, -0.1) is 0 Å². The number of halogens is 1. The number of hydrogen-bond acceptors (Lipinski definition) is 4. The molecule has 1 aromatic carbocycles. The van der Waals surface area contributed by atoms with Gasteiger partial charge in [0.05, 0.1) is 0 Å². The molecule has 0 atom stereocenters. The van der Waals surface area contributed by atoms with Gasteiger partial charge in [0.25, 0.3) is 0 Å². The van der Waals surface area contributed by atoms with E-state index >= 15 is 0 Å². The van der Waals surface area contributed by atoms with Crippen LogP contribution in [0.2, 0.25) is 0 Å². The first-order valence-corrected chi connectivity index (χ1v) is 6.29. The lowest BCUT2D eigenvalue weighted by atomic mass is 10.2. The van der Waals surface area contributed by atoms with E-state index in [-0.39, 0.29) is 11.6 Å². The second-order valence-corrected chi connectivity index (χ2v) is 4.26. The number of nitrogens with one attached hydrogen (secondary N) is 2. The van der Waals surface area contributed by atoms with Crippen molar-refractivity contribution >= 4 is 11.6 Å². The van der Waals surface area contributed by atoms with E-state index in [4.69, 9.17) is 0 Å². The van der Waals surface area contributed by atoms with Gasteiger partial charge in [-0.05, 0) is 38.2 Å². The number of carbonyl (C=O) groups excluding carboxylic acids is 1. The second kappa shape index (κ2) is 6.76. The maximum absolute atomic E-state index is 13.9. The van der Waals surface area contributed by atoms with E-state index in [9.17, 15) is 9.18 Å². The molecule has 2 N–H and O–H groups in total. The third-order valence-corrected chi connectivity index (χ3v) is 2.73. The van der Waals surface area contributed by atoms with Crippen molar-refractivity contribution < 1.29 is 9.18 Å². The highest BCUT2D eigenvalue weighted by atomic mass is 19.1. The molecule has 106 valence electrons. The molecule has 1 amide bonds. The summed E-state index contributed by atoms with van der Waals surface area (Å²) in [6, 6.07) is 4.45. The fourth-order valence-corrected chi connectivity index (χ4v) is 1.75. The summed E-state index contributed by atoms with van der Waals surface area (Å²) >= 11 is 0. The van der Waals surface area contributed by atoms with Crippen molar-refractivity contribution in [3.63, 3.8) is 0 Å². The zero-order chi connectivity index (χ0) is 14.4. The first-order chi connectivity index (χ1) is 9.70. The molecule has 0 saturated heterocycles. The topological polar surface area (TPSA) is 71.8 Å². The summed E-state index contributed by atoms with van der Waals surface area (Å²) in [6.45, 7) is 0.771. The van der Waals surface area contributed by atoms with E-state index in [0.29, 0.717) is 12.1 Å². The molecule has 1 heterocycles. The van der Waals surface area contributed by atoms with Gasteiger partial charge in [-0.1, -0.05) is 0 Å². The lowest BCUT2D eigenvalue weighted by molar-refractivity contribution is -0.116. The Morgan fingerprint density at radius 1 is 1.45 bits per heavy atom. The third-order valence-electron chi connectivity index (χ3n) is 2.73. The van der Waals surface area contributed by atoms with Crippen LogP contribution in [0.3, 0.4) is 0 Å². The van der Waals surface area contributed by atoms with Crippen LogP contribution < -0.4 is 10.6 Å². The number of anilines is 1. The second-order valence-electron chi connectivity index (χ2n) is 4.26. The fourth-order valence-electron chi connectivity index (χ4n) is 1.75. The van der Waals surface area contributed by atoms with E-state index in [1.54, 1.807) is 12.1 Å². The summed E-state index contributed by atoms with van der Waals surface area (Å²) in [7, 11) is 1.83. The van der Waals surface area contributed by atoms with Crippen molar-refractivity contribution in [1.29, 1.82) is 0 Å². The van der Waals surface area contributed by atoms with E-state index in [2.05, 4.69) is 20.7 Å². The number of nitrogens with zero attached hydrogens (tertiary/aromatic N) is 3. The van der Waals surface area contributed by atoms with Gasteiger partial charge in [0.1, 0.15) is 18.3 Å². The quantitative estimate of drug-likeness (QED) is 0.782. The Labute approximate surface area is 116 Å². The van der Waals surface area contributed by atoms with Crippen LogP contribution in [-0.2, 0) is 4.79 Å². The molecule has 1 aromatic heterocycles. The highest BCUT2D eigenvalue weighted by Crippen LogP contribution is 2.17. The molecule has 0 fully saturated rings. The van der Waals surface area contributed by atoms with Crippen molar-refractivity contribution in [3.05, 3.63) is 36.7 Å².